The third-order valence-electron chi connectivity index (χ3n) is 6.09. The van der Waals surface area contributed by atoms with Gasteiger partial charge in [-0.25, -0.2) is 8.78 Å². The third kappa shape index (κ3) is 4.69. The van der Waals surface area contributed by atoms with Crippen LogP contribution in [0.25, 0.3) is 10.9 Å². The minimum absolute atomic E-state index is 0.0229. The van der Waals surface area contributed by atoms with Crippen molar-refractivity contribution < 1.29 is 23.2 Å². The van der Waals surface area contributed by atoms with Crippen LogP contribution in [0.15, 0.2) is 48.7 Å². The predicted molar refractivity (Wildman–Crippen MR) is 122 cm³/mol. The zero-order valence-corrected chi connectivity index (χ0v) is 18.8. The lowest BCUT2D eigenvalue weighted by Crippen LogP contribution is -2.42. The summed E-state index contributed by atoms with van der Waals surface area (Å²) < 4.78 is 30.0. The van der Waals surface area contributed by atoms with Crippen molar-refractivity contribution in [3.8, 4) is 0 Å². The van der Waals surface area contributed by atoms with Gasteiger partial charge in [-0.15, -0.1) is 0 Å². The molecule has 0 saturated carbocycles. The van der Waals surface area contributed by atoms with Gasteiger partial charge in [-0.3, -0.25) is 14.4 Å². The van der Waals surface area contributed by atoms with E-state index in [1.54, 1.807) is 29.0 Å². The Morgan fingerprint density at radius 1 is 1.12 bits per heavy atom. The van der Waals surface area contributed by atoms with Crippen LogP contribution < -0.4 is 0 Å². The van der Waals surface area contributed by atoms with Crippen molar-refractivity contribution in [2.45, 2.75) is 44.9 Å². The van der Waals surface area contributed by atoms with Crippen molar-refractivity contribution in [3.05, 3.63) is 70.6 Å². The van der Waals surface area contributed by atoms with E-state index < -0.39 is 23.9 Å². The molecule has 0 unspecified atom stereocenters. The third-order valence-corrected chi connectivity index (χ3v) is 6.38. The molecule has 1 aromatic heterocycles. The molecular weight excluding hydrogens is 450 g/mol. The molecule has 5 nitrogen and oxygen atoms in total. The smallest absolute Gasteiger partial charge is 0.243 e. The van der Waals surface area contributed by atoms with Crippen molar-refractivity contribution in [2.24, 2.45) is 0 Å². The molecule has 0 radical (unpaired) electrons. The second-order valence-corrected chi connectivity index (χ2v) is 8.73. The largest absolute Gasteiger partial charge is 0.337 e. The Morgan fingerprint density at radius 3 is 2.64 bits per heavy atom. The summed E-state index contributed by atoms with van der Waals surface area (Å²) in [5.74, 6) is -1.41. The molecule has 8 heteroatoms. The highest BCUT2D eigenvalue weighted by molar-refractivity contribution is 6.30. The molecule has 3 aromatic rings. The van der Waals surface area contributed by atoms with Crippen LogP contribution in [0, 0.1) is 5.82 Å². The molecule has 0 spiro atoms. The molecule has 1 saturated heterocycles. The van der Waals surface area contributed by atoms with Gasteiger partial charge in [0, 0.05) is 35.5 Å². The molecule has 0 aliphatic carbocycles. The minimum atomic E-state index is -1.31. The normalized spacial score (nSPS) is 18.1. The van der Waals surface area contributed by atoms with E-state index in [9.17, 15) is 23.2 Å². The number of benzene rings is 2. The monoisotopic (exact) mass is 472 g/mol. The van der Waals surface area contributed by atoms with Gasteiger partial charge in [0.05, 0.1) is 17.6 Å². The fourth-order valence-electron chi connectivity index (χ4n) is 4.43. The molecular formula is C25H23ClF2N2O3. The van der Waals surface area contributed by atoms with Crippen molar-refractivity contribution in [1.82, 2.24) is 9.47 Å². The number of hydrogen-bond donors (Lipinski definition) is 0. The van der Waals surface area contributed by atoms with Gasteiger partial charge < -0.3 is 9.47 Å². The van der Waals surface area contributed by atoms with E-state index >= 15 is 0 Å². The Labute approximate surface area is 194 Å². The number of Topliss-reactive ketones (excluding diaryl/α,β-unsaturated/α-hetero) is 2. The van der Waals surface area contributed by atoms with Crippen molar-refractivity contribution in [3.63, 3.8) is 0 Å². The number of halogens is 3. The maximum absolute atomic E-state index is 14.3. The topological polar surface area (TPSA) is 59.4 Å². The Morgan fingerprint density at radius 2 is 1.88 bits per heavy atom. The molecule has 33 heavy (non-hydrogen) atoms. The molecule has 4 rings (SSSR count). The molecule has 2 heterocycles. The number of alkyl halides is 1. The van der Waals surface area contributed by atoms with Crippen molar-refractivity contribution in [1.29, 1.82) is 0 Å². The number of rotatable bonds is 7. The number of aryl methyl sites for hydroxylation is 1. The number of carbonyl (C=O) groups is 3. The van der Waals surface area contributed by atoms with Crippen LogP contribution in [-0.2, 0) is 22.6 Å². The first-order valence-electron chi connectivity index (χ1n) is 10.7. The Kier molecular flexibility index (Phi) is 6.61. The first-order valence-corrected chi connectivity index (χ1v) is 11.1. The van der Waals surface area contributed by atoms with Crippen molar-refractivity contribution in [2.75, 3.05) is 6.54 Å². The lowest BCUT2D eigenvalue weighted by atomic mass is 10.0. The summed E-state index contributed by atoms with van der Waals surface area (Å²) in [5.41, 5.74) is 1.52. The minimum Gasteiger partial charge on any atom is -0.337 e. The second kappa shape index (κ2) is 9.43. The number of aromatic nitrogens is 1. The molecule has 1 aliphatic rings. The molecule has 2 atom stereocenters. The van der Waals surface area contributed by atoms with E-state index in [0.29, 0.717) is 16.6 Å². The van der Waals surface area contributed by atoms with Gasteiger partial charge in [0.2, 0.25) is 5.91 Å². The quantitative estimate of drug-likeness (QED) is 0.465. The summed E-state index contributed by atoms with van der Waals surface area (Å²) in [6.07, 6.45) is 0.324. The van der Waals surface area contributed by atoms with E-state index in [2.05, 4.69) is 0 Å². The molecule has 1 amide bonds. The van der Waals surface area contributed by atoms with E-state index in [1.165, 1.54) is 17.9 Å². The summed E-state index contributed by atoms with van der Waals surface area (Å²) in [6.45, 7) is 1.17. The highest BCUT2D eigenvalue weighted by Crippen LogP contribution is 2.26. The average Bonchev–Trinajstić information content (AvgIpc) is 3.36. The standard InChI is InChI=1S/C25H23ClF2N2O3/c1-15(31)19-13-29(21-8-3-2-6-18(19)21)14-24(33)30-12-17(27)11-22(30)23(32)10-9-16-5-4-7-20(26)25(16)28/h2-8,13,17,22H,9-12,14H2,1H3/t17-,22+/m1/s1. The number of hydrogen-bond acceptors (Lipinski definition) is 3. The molecule has 1 aliphatic heterocycles. The molecule has 2 aromatic carbocycles. The van der Waals surface area contributed by atoms with E-state index in [-0.39, 0.29) is 48.9 Å². The Hall–Kier alpha value is -3.06. The summed E-state index contributed by atoms with van der Waals surface area (Å²) >= 11 is 5.79. The predicted octanol–water partition coefficient (Wildman–Crippen LogP) is 4.78. The van der Waals surface area contributed by atoms with E-state index in [4.69, 9.17) is 11.6 Å². The summed E-state index contributed by atoms with van der Waals surface area (Å²) in [6, 6.07) is 10.9. The van der Waals surface area contributed by atoms with Crippen LogP contribution in [0.4, 0.5) is 8.78 Å². The highest BCUT2D eigenvalue weighted by Gasteiger charge is 2.39. The lowest BCUT2D eigenvalue weighted by molar-refractivity contribution is -0.138. The van der Waals surface area contributed by atoms with Crippen LogP contribution in [0.1, 0.15) is 35.7 Å². The van der Waals surface area contributed by atoms with Crippen LogP contribution in [0.3, 0.4) is 0 Å². The van der Waals surface area contributed by atoms with Gasteiger partial charge in [0.25, 0.3) is 0 Å². The number of carbonyl (C=O) groups excluding carboxylic acids is 3. The van der Waals surface area contributed by atoms with Crippen LogP contribution in [0.2, 0.25) is 5.02 Å². The molecule has 0 N–H and O–H groups in total. The maximum atomic E-state index is 14.3. The summed E-state index contributed by atoms with van der Waals surface area (Å²) in [7, 11) is 0. The van der Waals surface area contributed by atoms with E-state index in [0.717, 1.165) is 5.39 Å². The van der Waals surface area contributed by atoms with Crippen LogP contribution in [0.5, 0.6) is 0 Å². The lowest BCUT2D eigenvalue weighted by Gasteiger charge is -2.24. The van der Waals surface area contributed by atoms with Gasteiger partial charge in [-0.05, 0) is 31.0 Å². The summed E-state index contributed by atoms with van der Waals surface area (Å²) in [4.78, 5) is 39.2. The van der Waals surface area contributed by atoms with Gasteiger partial charge in [0.1, 0.15) is 18.5 Å². The number of nitrogens with zero attached hydrogens (tertiary/aromatic N) is 2. The van der Waals surface area contributed by atoms with Crippen molar-refractivity contribution >= 4 is 40.0 Å². The second-order valence-electron chi connectivity index (χ2n) is 8.32. The van der Waals surface area contributed by atoms with E-state index in [1.807, 2.05) is 18.2 Å². The van der Waals surface area contributed by atoms with Crippen LogP contribution >= 0.6 is 11.6 Å². The molecule has 172 valence electrons. The summed E-state index contributed by atoms with van der Waals surface area (Å²) in [5, 5.41) is 0.712. The zero-order chi connectivity index (χ0) is 23.7. The highest BCUT2D eigenvalue weighted by atomic mass is 35.5. The van der Waals surface area contributed by atoms with Gasteiger partial charge >= 0.3 is 0 Å². The van der Waals surface area contributed by atoms with Gasteiger partial charge in [-0.1, -0.05) is 41.9 Å². The average molecular weight is 473 g/mol. The Balaban J connectivity index is 1.50. The fraction of sp³-hybridized carbons (Fsp3) is 0.320. The van der Waals surface area contributed by atoms with Gasteiger partial charge in [-0.2, -0.15) is 0 Å². The van der Waals surface area contributed by atoms with Gasteiger partial charge in [0.15, 0.2) is 11.6 Å². The molecule has 1 fully saturated rings. The number of ketones is 2. The molecule has 0 bridgehead atoms. The van der Waals surface area contributed by atoms with Crippen LogP contribution in [-0.4, -0.2) is 45.7 Å². The number of amides is 1. The number of fused-ring (bicyclic) bond motifs is 1. The maximum Gasteiger partial charge on any atom is 0.243 e. The Bertz CT molecular complexity index is 1240. The number of likely N-dealkylation sites (tertiary alicyclic amines) is 1. The fourth-order valence-corrected chi connectivity index (χ4v) is 4.62. The first-order chi connectivity index (χ1) is 15.8. The SMILES string of the molecule is CC(=O)c1cn(CC(=O)N2C[C@H](F)C[C@H]2C(=O)CCc2cccc(Cl)c2F)c2ccccc12. The zero-order valence-electron chi connectivity index (χ0n) is 18.1. The first kappa shape index (κ1) is 23.1. The number of para-hydroxylation sites is 1.